The van der Waals surface area contributed by atoms with Crippen LogP contribution in [-0.4, -0.2) is 76.3 Å². The summed E-state index contributed by atoms with van der Waals surface area (Å²) < 4.78 is 31.6. The number of aliphatic hydroxyl groups is 1. The molecule has 2 aliphatic heterocycles. The molecule has 3 N–H and O–H groups in total. The van der Waals surface area contributed by atoms with Crippen LogP contribution < -0.4 is 15.4 Å². The van der Waals surface area contributed by atoms with Crippen molar-refractivity contribution in [2.75, 3.05) is 19.8 Å². The summed E-state index contributed by atoms with van der Waals surface area (Å²) in [5.41, 5.74) is 5.21. The zero-order valence-electron chi connectivity index (χ0n) is 26.5. The molecule has 0 radical (unpaired) electrons. The maximum absolute atomic E-state index is 13.3. The minimum absolute atomic E-state index is 0.00130. The minimum atomic E-state index is -1.01. The molecule has 0 spiro atoms. The third kappa shape index (κ3) is 8.25. The van der Waals surface area contributed by atoms with E-state index in [2.05, 4.69) is 19.4 Å². The Hall–Kier alpha value is -4.10. The molecule has 2 aliphatic rings. The zero-order chi connectivity index (χ0) is 32.8. The summed E-state index contributed by atoms with van der Waals surface area (Å²) in [6, 6.07) is 20.2. The lowest BCUT2D eigenvalue weighted by molar-refractivity contribution is -0.124. The van der Waals surface area contributed by atoms with Gasteiger partial charge in [-0.1, -0.05) is 60.7 Å². The standard InChI is InChI=1S/C35H40N4O7S/c1-21-15-28-32(39-47-38-28)22(2)33(21)44-20-31(41)36-25(16-23-9-5-3-6-10-23)18-29(40)27(17-24-11-7-4-8-12-24)37-35(42)46-30-19-45-34-26(30)13-14-43-34/h3-12,15,25-27,29-30,34,40H,13-14,16-20H2,1-2H3,(H,36,41)(H,37,42)/t25-,26?,27-,29-,30-,34?/m0/s1. The second-order valence-corrected chi connectivity index (χ2v) is 12.8. The average Bonchev–Trinajstić information content (AvgIpc) is 3.81. The van der Waals surface area contributed by atoms with E-state index in [0.29, 0.717) is 25.2 Å². The van der Waals surface area contributed by atoms with Gasteiger partial charge in [-0.05, 0) is 62.3 Å². The number of alkyl carbamates (subject to hydrolysis) is 1. The Bertz CT molecular complexity index is 1650. The Morgan fingerprint density at radius 3 is 2.47 bits per heavy atom. The van der Waals surface area contributed by atoms with Crippen LogP contribution in [0.4, 0.5) is 4.79 Å². The zero-order valence-corrected chi connectivity index (χ0v) is 27.3. The number of hydrogen-bond donors (Lipinski definition) is 3. The number of nitrogens with one attached hydrogen (secondary N) is 2. The van der Waals surface area contributed by atoms with Gasteiger partial charge in [-0.25, -0.2) is 4.79 Å². The minimum Gasteiger partial charge on any atom is -0.483 e. The molecule has 2 fully saturated rings. The van der Waals surface area contributed by atoms with Crippen LogP contribution in [0.2, 0.25) is 0 Å². The number of nitrogens with zero attached hydrogens (tertiary/aromatic N) is 2. The predicted octanol–water partition coefficient (Wildman–Crippen LogP) is 4.26. The molecule has 12 heteroatoms. The first-order valence-corrected chi connectivity index (χ1v) is 16.7. The lowest BCUT2D eigenvalue weighted by atomic mass is 9.93. The number of carbonyl (C=O) groups is 2. The maximum atomic E-state index is 13.3. The highest BCUT2D eigenvalue weighted by Crippen LogP contribution is 2.33. The fraction of sp³-hybridized carbons (Fsp3) is 0.429. The van der Waals surface area contributed by atoms with Crippen molar-refractivity contribution in [2.45, 2.75) is 70.1 Å². The Kier molecular flexibility index (Phi) is 10.6. The van der Waals surface area contributed by atoms with Crippen LogP contribution in [-0.2, 0) is 31.8 Å². The number of benzene rings is 3. The number of aliphatic hydroxyl groups excluding tert-OH is 1. The Balaban J connectivity index is 1.14. The molecule has 3 heterocycles. The van der Waals surface area contributed by atoms with E-state index in [9.17, 15) is 14.7 Å². The van der Waals surface area contributed by atoms with Gasteiger partial charge in [0.2, 0.25) is 0 Å². The number of aromatic nitrogens is 2. The first-order chi connectivity index (χ1) is 22.8. The Morgan fingerprint density at radius 2 is 1.72 bits per heavy atom. The molecule has 4 aromatic rings. The number of hydrogen-bond acceptors (Lipinski definition) is 10. The van der Waals surface area contributed by atoms with Crippen molar-refractivity contribution in [3.63, 3.8) is 0 Å². The quantitative estimate of drug-likeness (QED) is 0.192. The summed E-state index contributed by atoms with van der Waals surface area (Å²) in [5, 5.41) is 17.6. The van der Waals surface area contributed by atoms with Gasteiger partial charge in [-0.2, -0.15) is 8.75 Å². The molecular formula is C35H40N4O7S. The van der Waals surface area contributed by atoms with E-state index >= 15 is 0 Å². The molecule has 2 amide bonds. The molecule has 47 heavy (non-hydrogen) atoms. The van der Waals surface area contributed by atoms with E-state index in [0.717, 1.165) is 51.4 Å². The van der Waals surface area contributed by atoms with E-state index in [4.69, 9.17) is 18.9 Å². The van der Waals surface area contributed by atoms with E-state index in [1.165, 1.54) is 0 Å². The van der Waals surface area contributed by atoms with Gasteiger partial charge in [0.25, 0.3) is 5.91 Å². The summed E-state index contributed by atoms with van der Waals surface area (Å²) in [7, 11) is 0. The van der Waals surface area contributed by atoms with Crippen LogP contribution in [0.25, 0.3) is 11.0 Å². The molecule has 2 unspecified atom stereocenters. The van der Waals surface area contributed by atoms with Crippen LogP contribution in [0.5, 0.6) is 5.75 Å². The SMILES string of the molecule is Cc1cc2nsnc2c(C)c1OCC(=O)N[C@@H](Cc1ccccc1)C[C@H](O)[C@H](Cc1ccccc1)NC(=O)O[C@H]1COC2OCCC21. The van der Waals surface area contributed by atoms with Crippen molar-refractivity contribution < 1.29 is 33.6 Å². The molecular weight excluding hydrogens is 620 g/mol. The molecule has 3 aromatic carbocycles. The van der Waals surface area contributed by atoms with E-state index in [-0.39, 0.29) is 37.7 Å². The summed E-state index contributed by atoms with van der Waals surface area (Å²) in [5.74, 6) is 0.280. The normalized spacial score (nSPS) is 20.7. The van der Waals surface area contributed by atoms with E-state index in [1.54, 1.807) is 0 Å². The lowest BCUT2D eigenvalue weighted by Gasteiger charge is -2.29. The molecule has 0 bridgehead atoms. The highest BCUT2D eigenvalue weighted by atomic mass is 32.1. The van der Waals surface area contributed by atoms with Gasteiger partial charge in [0, 0.05) is 11.6 Å². The fourth-order valence-electron chi connectivity index (χ4n) is 6.42. The molecule has 6 rings (SSSR count). The predicted molar refractivity (Wildman–Crippen MR) is 176 cm³/mol. The van der Waals surface area contributed by atoms with Crippen molar-refractivity contribution in [3.8, 4) is 5.75 Å². The number of ether oxygens (including phenoxy) is 4. The molecule has 0 saturated carbocycles. The van der Waals surface area contributed by atoms with Gasteiger partial charge in [0.1, 0.15) is 22.9 Å². The van der Waals surface area contributed by atoms with Gasteiger partial charge in [-0.3, -0.25) is 4.79 Å². The van der Waals surface area contributed by atoms with Crippen LogP contribution in [0.1, 0.15) is 35.1 Å². The van der Waals surface area contributed by atoms with Crippen LogP contribution in [0.3, 0.4) is 0 Å². The van der Waals surface area contributed by atoms with Gasteiger partial charge >= 0.3 is 6.09 Å². The number of aryl methyl sites for hydroxylation is 2. The topological polar surface area (TPSA) is 141 Å². The van der Waals surface area contributed by atoms with E-state index in [1.807, 2.05) is 80.6 Å². The Labute approximate surface area is 277 Å². The van der Waals surface area contributed by atoms with Crippen molar-refractivity contribution in [3.05, 3.63) is 89.0 Å². The summed E-state index contributed by atoms with van der Waals surface area (Å²) >= 11 is 1.14. The van der Waals surface area contributed by atoms with Crippen LogP contribution >= 0.6 is 11.7 Å². The number of amides is 2. The van der Waals surface area contributed by atoms with Crippen molar-refractivity contribution in [1.29, 1.82) is 0 Å². The van der Waals surface area contributed by atoms with Crippen molar-refractivity contribution >= 4 is 34.8 Å². The average molecular weight is 661 g/mol. The van der Waals surface area contributed by atoms with Crippen molar-refractivity contribution in [2.24, 2.45) is 5.92 Å². The smallest absolute Gasteiger partial charge is 0.407 e. The first-order valence-electron chi connectivity index (χ1n) is 15.9. The molecule has 1 aromatic heterocycles. The molecule has 11 nitrogen and oxygen atoms in total. The monoisotopic (exact) mass is 660 g/mol. The third-order valence-electron chi connectivity index (χ3n) is 8.79. The Morgan fingerprint density at radius 1 is 1.00 bits per heavy atom. The highest BCUT2D eigenvalue weighted by molar-refractivity contribution is 7.00. The molecule has 248 valence electrons. The highest BCUT2D eigenvalue weighted by Gasteiger charge is 2.44. The summed E-state index contributed by atoms with van der Waals surface area (Å²) in [6.45, 7) is 4.46. The molecule has 0 aliphatic carbocycles. The first kappa shape index (κ1) is 32.8. The van der Waals surface area contributed by atoms with Gasteiger partial charge in [0.15, 0.2) is 12.9 Å². The largest absolute Gasteiger partial charge is 0.483 e. The molecule has 2 saturated heterocycles. The second-order valence-electron chi connectivity index (χ2n) is 12.2. The van der Waals surface area contributed by atoms with Gasteiger partial charge < -0.3 is 34.7 Å². The van der Waals surface area contributed by atoms with Crippen LogP contribution in [0.15, 0.2) is 66.7 Å². The van der Waals surface area contributed by atoms with Gasteiger partial charge in [0.05, 0.1) is 43.0 Å². The number of rotatable bonds is 13. The maximum Gasteiger partial charge on any atom is 0.407 e. The summed E-state index contributed by atoms with van der Waals surface area (Å²) in [6.07, 6.45) is -0.605. The third-order valence-corrected chi connectivity index (χ3v) is 9.34. The fourth-order valence-corrected chi connectivity index (χ4v) is 7.00. The van der Waals surface area contributed by atoms with E-state index < -0.39 is 30.4 Å². The number of fused-ring (bicyclic) bond motifs is 2. The second kappa shape index (κ2) is 15.2. The number of carbonyl (C=O) groups excluding carboxylic acids is 2. The summed E-state index contributed by atoms with van der Waals surface area (Å²) in [4.78, 5) is 26.5. The molecule has 6 atom stereocenters. The lowest BCUT2D eigenvalue weighted by Crippen LogP contribution is -2.50. The van der Waals surface area contributed by atoms with Gasteiger partial charge in [-0.15, -0.1) is 0 Å². The van der Waals surface area contributed by atoms with Crippen LogP contribution in [0, 0.1) is 19.8 Å². The van der Waals surface area contributed by atoms with Crippen molar-refractivity contribution in [1.82, 2.24) is 19.4 Å².